The summed E-state index contributed by atoms with van der Waals surface area (Å²) >= 11 is 0. The summed E-state index contributed by atoms with van der Waals surface area (Å²) in [6, 6.07) is 6.17. The van der Waals surface area contributed by atoms with Gasteiger partial charge in [0.05, 0.1) is 13.2 Å². The van der Waals surface area contributed by atoms with Crippen LogP contribution in [-0.2, 0) is 6.54 Å². The van der Waals surface area contributed by atoms with E-state index < -0.39 is 0 Å². The third-order valence-corrected chi connectivity index (χ3v) is 3.87. The van der Waals surface area contributed by atoms with Gasteiger partial charge in [-0.1, -0.05) is 25.3 Å². The molecule has 1 fully saturated rings. The van der Waals surface area contributed by atoms with Crippen LogP contribution in [-0.4, -0.2) is 19.8 Å². The molecular formula is C17H27NO2. The zero-order valence-electron chi connectivity index (χ0n) is 12.9. The van der Waals surface area contributed by atoms with Gasteiger partial charge in [0.15, 0.2) is 11.5 Å². The van der Waals surface area contributed by atoms with Gasteiger partial charge in [0.1, 0.15) is 0 Å². The third-order valence-electron chi connectivity index (χ3n) is 3.87. The molecule has 112 valence electrons. The van der Waals surface area contributed by atoms with Crippen LogP contribution in [0.25, 0.3) is 0 Å². The first-order valence-corrected chi connectivity index (χ1v) is 7.73. The molecule has 0 saturated heterocycles. The van der Waals surface area contributed by atoms with Crippen molar-refractivity contribution in [3.8, 4) is 11.5 Å². The Morgan fingerprint density at radius 2 is 2.05 bits per heavy atom. The lowest BCUT2D eigenvalue weighted by Crippen LogP contribution is -2.21. The summed E-state index contributed by atoms with van der Waals surface area (Å²) in [6.07, 6.45) is 5.76. The van der Waals surface area contributed by atoms with E-state index >= 15 is 0 Å². The zero-order chi connectivity index (χ0) is 14.4. The molecule has 1 aromatic rings. The van der Waals surface area contributed by atoms with E-state index in [2.05, 4.69) is 17.4 Å². The Hall–Kier alpha value is -1.22. The van der Waals surface area contributed by atoms with Crippen molar-refractivity contribution in [3.63, 3.8) is 0 Å². The molecule has 20 heavy (non-hydrogen) atoms. The van der Waals surface area contributed by atoms with Crippen molar-refractivity contribution >= 4 is 0 Å². The minimum Gasteiger partial charge on any atom is -0.493 e. The molecule has 0 heterocycles. The molecule has 1 saturated carbocycles. The second-order valence-corrected chi connectivity index (χ2v) is 5.91. The SMILES string of the molecule is COc1cc(CNCCC2CCC2)ccc1OC(C)C. The van der Waals surface area contributed by atoms with Crippen molar-refractivity contribution in [3.05, 3.63) is 23.8 Å². The molecule has 0 atom stereocenters. The molecule has 0 radical (unpaired) electrons. The minimum absolute atomic E-state index is 0.162. The van der Waals surface area contributed by atoms with Gasteiger partial charge in [-0.2, -0.15) is 0 Å². The first kappa shape index (κ1) is 15.2. The zero-order valence-corrected chi connectivity index (χ0v) is 12.9. The molecule has 3 nitrogen and oxygen atoms in total. The Labute approximate surface area is 122 Å². The second kappa shape index (κ2) is 7.53. The van der Waals surface area contributed by atoms with E-state index in [0.29, 0.717) is 0 Å². The highest BCUT2D eigenvalue weighted by molar-refractivity contribution is 5.43. The maximum absolute atomic E-state index is 5.73. The summed E-state index contributed by atoms with van der Waals surface area (Å²) in [5.74, 6) is 2.61. The van der Waals surface area contributed by atoms with Gasteiger partial charge in [0, 0.05) is 6.54 Å². The van der Waals surface area contributed by atoms with Crippen LogP contribution in [0, 0.1) is 5.92 Å². The number of benzene rings is 1. The standard InChI is InChI=1S/C17H27NO2/c1-13(2)20-16-8-7-15(11-17(16)19-3)12-18-10-9-14-5-4-6-14/h7-8,11,13-14,18H,4-6,9-10,12H2,1-3H3. The molecule has 0 aliphatic heterocycles. The van der Waals surface area contributed by atoms with Gasteiger partial charge in [-0.25, -0.2) is 0 Å². The van der Waals surface area contributed by atoms with Crippen LogP contribution >= 0.6 is 0 Å². The molecule has 1 aliphatic rings. The Bertz CT molecular complexity index is 413. The van der Waals surface area contributed by atoms with E-state index in [4.69, 9.17) is 9.47 Å². The molecule has 2 rings (SSSR count). The number of nitrogens with one attached hydrogen (secondary N) is 1. The van der Waals surface area contributed by atoms with Crippen molar-refractivity contribution in [2.24, 2.45) is 5.92 Å². The average Bonchev–Trinajstić information content (AvgIpc) is 2.37. The van der Waals surface area contributed by atoms with Gasteiger partial charge < -0.3 is 14.8 Å². The summed E-state index contributed by atoms with van der Waals surface area (Å²) in [6.45, 7) is 6.05. The fourth-order valence-corrected chi connectivity index (χ4v) is 2.49. The lowest BCUT2D eigenvalue weighted by Gasteiger charge is -2.25. The van der Waals surface area contributed by atoms with Crippen molar-refractivity contribution in [1.82, 2.24) is 5.32 Å². The predicted octanol–water partition coefficient (Wildman–Crippen LogP) is 3.76. The number of hydrogen-bond donors (Lipinski definition) is 1. The van der Waals surface area contributed by atoms with Gasteiger partial charge in [0.25, 0.3) is 0 Å². The van der Waals surface area contributed by atoms with Crippen molar-refractivity contribution in [2.75, 3.05) is 13.7 Å². The fourth-order valence-electron chi connectivity index (χ4n) is 2.49. The van der Waals surface area contributed by atoms with Gasteiger partial charge in [-0.15, -0.1) is 0 Å². The summed E-state index contributed by atoms with van der Waals surface area (Å²) in [5, 5.41) is 3.52. The molecule has 0 amide bonds. The minimum atomic E-state index is 0.162. The molecule has 0 bridgehead atoms. The Balaban J connectivity index is 1.81. The third kappa shape index (κ3) is 4.41. The van der Waals surface area contributed by atoms with Crippen LogP contribution in [0.5, 0.6) is 11.5 Å². The van der Waals surface area contributed by atoms with Crippen LogP contribution in [0.3, 0.4) is 0 Å². The van der Waals surface area contributed by atoms with E-state index in [-0.39, 0.29) is 6.10 Å². The first-order chi connectivity index (χ1) is 9.69. The maximum atomic E-state index is 5.73. The van der Waals surface area contributed by atoms with Crippen LogP contribution < -0.4 is 14.8 Å². The normalized spacial score (nSPS) is 15.2. The smallest absolute Gasteiger partial charge is 0.161 e. The van der Waals surface area contributed by atoms with Gasteiger partial charge in [-0.05, 0) is 50.4 Å². The molecule has 1 aromatic carbocycles. The van der Waals surface area contributed by atoms with Crippen LogP contribution in [0.1, 0.15) is 45.1 Å². The highest BCUT2D eigenvalue weighted by Crippen LogP contribution is 2.30. The van der Waals surface area contributed by atoms with E-state index in [0.717, 1.165) is 30.5 Å². The Morgan fingerprint density at radius 1 is 1.25 bits per heavy atom. The topological polar surface area (TPSA) is 30.5 Å². The summed E-state index contributed by atoms with van der Waals surface area (Å²) in [4.78, 5) is 0. The lowest BCUT2D eigenvalue weighted by molar-refractivity contribution is 0.230. The maximum Gasteiger partial charge on any atom is 0.161 e. The van der Waals surface area contributed by atoms with Crippen molar-refractivity contribution in [2.45, 2.75) is 52.2 Å². The van der Waals surface area contributed by atoms with E-state index in [1.54, 1.807) is 7.11 Å². The van der Waals surface area contributed by atoms with Crippen molar-refractivity contribution in [1.29, 1.82) is 0 Å². The first-order valence-electron chi connectivity index (χ1n) is 7.73. The largest absolute Gasteiger partial charge is 0.493 e. The predicted molar refractivity (Wildman–Crippen MR) is 82.4 cm³/mol. The highest BCUT2D eigenvalue weighted by Gasteiger charge is 2.16. The highest BCUT2D eigenvalue weighted by atomic mass is 16.5. The Morgan fingerprint density at radius 3 is 2.65 bits per heavy atom. The fraction of sp³-hybridized carbons (Fsp3) is 0.647. The van der Waals surface area contributed by atoms with Gasteiger partial charge >= 0.3 is 0 Å². The molecule has 0 unspecified atom stereocenters. The van der Waals surface area contributed by atoms with Crippen LogP contribution in [0.4, 0.5) is 0 Å². The lowest BCUT2D eigenvalue weighted by atomic mass is 9.83. The molecule has 0 aromatic heterocycles. The summed E-state index contributed by atoms with van der Waals surface area (Å²) < 4.78 is 11.1. The summed E-state index contributed by atoms with van der Waals surface area (Å²) in [5.41, 5.74) is 1.24. The van der Waals surface area contributed by atoms with Crippen molar-refractivity contribution < 1.29 is 9.47 Å². The number of hydrogen-bond acceptors (Lipinski definition) is 3. The second-order valence-electron chi connectivity index (χ2n) is 5.91. The number of ether oxygens (including phenoxy) is 2. The average molecular weight is 277 g/mol. The van der Waals surface area contributed by atoms with Gasteiger partial charge in [0.2, 0.25) is 0 Å². The van der Waals surface area contributed by atoms with E-state index in [1.807, 2.05) is 19.9 Å². The molecular weight excluding hydrogens is 250 g/mol. The molecule has 1 N–H and O–H groups in total. The number of rotatable bonds is 8. The van der Waals surface area contributed by atoms with Crippen LogP contribution in [0.2, 0.25) is 0 Å². The molecule has 3 heteroatoms. The van der Waals surface area contributed by atoms with E-state index in [9.17, 15) is 0 Å². The van der Waals surface area contributed by atoms with Crippen LogP contribution in [0.15, 0.2) is 18.2 Å². The molecule has 1 aliphatic carbocycles. The quantitative estimate of drug-likeness (QED) is 0.734. The Kier molecular flexibility index (Phi) is 5.72. The monoisotopic (exact) mass is 277 g/mol. The molecule has 0 spiro atoms. The van der Waals surface area contributed by atoms with Gasteiger partial charge in [-0.3, -0.25) is 0 Å². The summed E-state index contributed by atoms with van der Waals surface area (Å²) in [7, 11) is 1.69. The van der Waals surface area contributed by atoms with E-state index in [1.165, 1.54) is 31.2 Å². The number of methoxy groups -OCH3 is 1.